The predicted octanol–water partition coefficient (Wildman–Crippen LogP) is 3.72. The SMILES string of the molecule is CCCCn1cc(N)c(-c2ccc(OCCC)cc2)n1. The van der Waals surface area contributed by atoms with Crippen molar-refractivity contribution >= 4 is 5.69 Å². The largest absolute Gasteiger partial charge is 0.494 e. The third kappa shape index (κ3) is 3.53. The zero-order valence-electron chi connectivity index (χ0n) is 12.3. The van der Waals surface area contributed by atoms with Gasteiger partial charge in [-0.3, -0.25) is 4.68 Å². The minimum Gasteiger partial charge on any atom is -0.494 e. The minimum atomic E-state index is 0.725. The fraction of sp³-hybridized carbons (Fsp3) is 0.438. The van der Waals surface area contributed by atoms with Crippen LogP contribution in [-0.2, 0) is 6.54 Å². The summed E-state index contributed by atoms with van der Waals surface area (Å²) in [6.45, 7) is 5.92. The Morgan fingerprint density at radius 1 is 1.15 bits per heavy atom. The van der Waals surface area contributed by atoms with E-state index in [-0.39, 0.29) is 0 Å². The van der Waals surface area contributed by atoms with Crippen LogP contribution in [0.4, 0.5) is 5.69 Å². The fourth-order valence-electron chi connectivity index (χ4n) is 2.02. The number of anilines is 1. The van der Waals surface area contributed by atoms with Gasteiger partial charge in [0.25, 0.3) is 0 Å². The van der Waals surface area contributed by atoms with E-state index < -0.39 is 0 Å². The second-order valence-corrected chi connectivity index (χ2v) is 4.92. The summed E-state index contributed by atoms with van der Waals surface area (Å²) < 4.78 is 7.50. The van der Waals surface area contributed by atoms with Crippen LogP contribution in [0.15, 0.2) is 30.5 Å². The number of hydrogen-bond acceptors (Lipinski definition) is 3. The molecule has 1 aromatic carbocycles. The van der Waals surface area contributed by atoms with Gasteiger partial charge < -0.3 is 10.5 Å². The summed E-state index contributed by atoms with van der Waals surface area (Å²) in [4.78, 5) is 0. The first-order chi connectivity index (χ1) is 9.74. The minimum absolute atomic E-state index is 0.725. The van der Waals surface area contributed by atoms with Gasteiger partial charge in [-0.2, -0.15) is 5.10 Å². The van der Waals surface area contributed by atoms with E-state index in [4.69, 9.17) is 10.5 Å². The molecule has 2 rings (SSSR count). The molecular weight excluding hydrogens is 250 g/mol. The molecule has 2 N–H and O–H groups in total. The molecule has 0 bridgehead atoms. The number of nitrogen functional groups attached to an aromatic ring is 1. The molecule has 2 aromatic rings. The lowest BCUT2D eigenvalue weighted by atomic mass is 10.1. The average Bonchev–Trinajstić information content (AvgIpc) is 2.84. The van der Waals surface area contributed by atoms with E-state index in [9.17, 15) is 0 Å². The lowest BCUT2D eigenvalue weighted by Gasteiger charge is -2.05. The van der Waals surface area contributed by atoms with E-state index in [0.29, 0.717) is 0 Å². The molecule has 0 saturated heterocycles. The second kappa shape index (κ2) is 6.98. The third-order valence-corrected chi connectivity index (χ3v) is 3.13. The number of unbranched alkanes of at least 4 members (excludes halogenated alkanes) is 1. The summed E-state index contributed by atoms with van der Waals surface area (Å²) in [6.07, 6.45) is 5.19. The highest BCUT2D eigenvalue weighted by molar-refractivity contribution is 5.72. The molecule has 0 amide bonds. The molecule has 0 aliphatic heterocycles. The monoisotopic (exact) mass is 273 g/mol. The molecule has 0 aliphatic carbocycles. The molecule has 0 radical (unpaired) electrons. The van der Waals surface area contributed by atoms with E-state index in [0.717, 1.165) is 55.1 Å². The van der Waals surface area contributed by atoms with Gasteiger partial charge in [-0.25, -0.2) is 0 Å². The molecule has 108 valence electrons. The Morgan fingerprint density at radius 2 is 1.90 bits per heavy atom. The zero-order chi connectivity index (χ0) is 14.4. The van der Waals surface area contributed by atoms with Crippen molar-refractivity contribution in [2.45, 2.75) is 39.7 Å². The topological polar surface area (TPSA) is 53.1 Å². The number of aromatic nitrogens is 2. The van der Waals surface area contributed by atoms with Crippen molar-refractivity contribution in [2.75, 3.05) is 12.3 Å². The first kappa shape index (κ1) is 14.4. The van der Waals surface area contributed by atoms with Crippen LogP contribution in [0.5, 0.6) is 5.75 Å². The molecule has 4 nitrogen and oxygen atoms in total. The molecule has 0 unspecified atom stereocenters. The van der Waals surface area contributed by atoms with Crippen molar-refractivity contribution in [1.29, 1.82) is 0 Å². The second-order valence-electron chi connectivity index (χ2n) is 4.92. The Labute approximate surface area is 120 Å². The molecule has 0 fully saturated rings. The van der Waals surface area contributed by atoms with Crippen LogP contribution in [0, 0.1) is 0 Å². The Kier molecular flexibility index (Phi) is 5.04. The highest BCUT2D eigenvalue weighted by Gasteiger charge is 2.08. The number of aryl methyl sites for hydroxylation is 1. The van der Waals surface area contributed by atoms with Gasteiger partial charge in [0.05, 0.1) is 12.3 Å². The molecule has 20 heavy (non-hydrogen) atoms. The normalized spacial score (nSPS) is 10.7. The Hall–Kier alpha value is -1.97. The van der Waals surface area contributed by atoms with Crippen LogP contribution >= 0.6 is 0 Å². The molecule has 0 spiro atoms. The summed E-state index contributed by atoms with van der Waals surface area (Å²) >= 11 is 0. The van der Waals surface area contributed by atoms with Crippen molar-refractivity contribution in [3.8, 4) is 17.0 Å². The number of hydrogen-bond donors (Lipinski definition) is 1. The number of ether oxygens (including phenoxy) is 1. The number of nitrogens with two attached hydrogens (primary N) is 1. The van der Waals surface area contributed by atoms with E-state index in [1.54, 1.807) is 0 Å². The van der Waals surface area contributed by atoms with Crippen LogP contribution in [0.1, 0.15) is 33.1 Å². The van der Waals surface area contributed by atoms with E-state index in [2.05, 4.69) is 18.9 Å². The summed E-state index contributed by atoms with van der Waals surface area (Å²) in [5, 5.41) is 4.56. The van der Waals surface area contributed by atoms with Crippen molar-refractivity contribution in [3.63, 3.8) is 0 Å². The molecule has 0 aliphatic rings. The van der Waals surface area contributed by atoms with Gasteiger partial charge in [0.2, 0.25) is 0 Å². The van der Waals surface area contributed by atoms with E-state index in [1.807, 2.05) is 35.1 Å². The Morgan fingerprint density at radius 3 is 2.55 bits per heavy atom. The standard InChI is InChI=1S/C16H23N3O/c1-3-5-10-19-12-15(17)16(18-19)13-6-8-14(9-7-13)20-11-4-2/h6-9,12H,3-5,10-11,17H2,1-2H3. The van der Waals surface area contributed by atoms with Gasteiger partial charge in [0.15, 0.2) is 0 Å². The van der Waals surface area contributed by atoms with Crippen LogP contribution < -0.4 is 10.5 Å². The molecular formula is C16H23N3O. The number of nitrogens with zero attached hydrogens (tertiary/aromatic N) is 2. The summed E-state index contributed by atoms with van der Waals surface area (Å²) in [5.41, 5.74) is 8.65. The van der Waals surface area contributed by atoms with E-state index >= 15 is 0 Å². The Bertz CT molecular complexity index is 531. The maximum absolute atomic E-state index is 6.05. The van der Waals surface area contributed by atoms with Gasteiger partial charge in [0, 0.05) is 18.3 Å². The molecule has 4 heteroatoms. The smallest absolute Gasteiger partial charge is 0.119 e. The van der Waals surface area contributed by atoms with Gasteiger partial charge in [0.1, 0.15) is 11.4 Å². The lowest BCUT2D eigenvalue weighted by Crippen LogP contribution is -1.98. The average molecular weight is 273 g/mol. The zero-order valence-corrected chi connectivity index (χ0v) is 12.3. The molecule has 0 saturated carbocycles. The summed E-state index contributed by atoms with van der Waals surface area (Å²) in [6, 6.07) is 7.95. The highest BCUT2D eigenvalue weighted by atomic mass is 16.5. The van der Waals surface area contributed by atoms with Crippen LogP contribution in [0.25, 0.3) is 11.3 Å². The highest BCUT2D eigenvalue weighted by Crippen LogP contribution is 2.26. The maximum Gasteiger partial charge on any atom is 0.119 e. The van der Waals surface area contributed by atoms with Crippen LogP contribution in [0.3, 0.4) is 0 Å². The molecule has 1 heterocycles. The van der Waals surface area contributed by atoms with Gasteiger partial charge >= 0.3 is 0 Å². The quantitative estimate of drug-likeness (QED) is 0.836. The molecule has 0 atom stereocenters. The first-order valence-corrected chi connectivity index (χ1v) is 7.30. The third-order valence-electron chi connectivity index (χ3n) is 3.13. The maximum atomic E-state index is 6.05. The lowest BCUT2D eigenvalue weighted by molar-refractivity contribution is 0.317. The van der Waals surface area contributed by atoms with Crippen LogP contribution in [-0.4, -0.2) is 16.4 Å². The van der Waals surface area contributed by atoms with Gasteiger partial charge in [-0.15, -0.1) is 0 Å². The fourth-order valence-corrected chi connectivity index (χ4v) is 2.02. The summed E-state index contributed by atoms with van der Waals surface area (Å²) in [5.74, 6) is 0.889. The van der Waals surface area contributed by atoms with E-state index in [1.165, 1.54) is 0 Å². The van der Waals surface area contributed by atoms with Crippen molar-refractivity contribution in [2.24, 2.45) is 0 Å². The summed E-state index contributed by atoms with van der Waals surface area (Å²) in [7, 11) is 0. The predicted molar refractivity (Wildman–Crippen MR) is 82.8 cm³/mol. The number of benzene rings is 1. The van der Waals surface area contributed by atoms with Gasteiger partial charge in [-0.05, 0) is 37.1 Å². The van der Waals surface area contributed by atoms with Crippen LogP contribution in [0.2, 0.25) is 0 Å². The van der Waals surface area contributed by atoms with Gasteiger partial charge in [-0.1, -0.05) is 20.3 Å². The van der Waals surface area contributed by atoms with Crippen molar-refractivity contribution in [3.05, 3.63) is 30.5 Å². The van der Waals surface area contributed by atoms with Crippen molar-refractivity contribution in [1.82, 2.24) is 9.78 Å². The Balaban J connectivity index is 2.12. The van der Waals surface area contributed by atoms with Crippen molar-refractivity contribution < 1.29 is 4.74 Å². The first-order valence-electron chi connectivity index (χ1n) is 7.30. The number of rotatable bonds is 7. The molecule has 1 aromatic heterocycles.